The fourth-order valence-corrected chi connectivity index (χ4v) is 3.12. The number of hydrogen-bond acceptors (Lipinski definition) is 4. The number of amides is 1. The largest absolute Gasteiger partial charge is 0.445 e. The quantitative estimate of drug-likeness (QED) is 0.462. The van der Waals surface area contributed by atoms with E-state index in [0.29, 0.717) is 5.56 Å². The number of halogens is 7. The molecule has 1 unspecified atom stereocenters. The standard InChI is InChI=1S/C17H11F7N4OS/c1-8(16(19,20)21)25-12(29)7-6-11-13(9-2-4-10(18)5-3-9)26-15-28(11)27-14(30-15)17(22,23)24/h2-8H,1H3,(H,25,29). The van der Waals surface area contributed by atoms with Crippen molar-refractivity contribution in [1.82, 2.24) is 19.9 Å². The zero-order chi connectivity index (χ0) is 22.3. The van der Waals surface area contributed by atoms with E-state index in [2.05, 4.69) is 10.1 Å². The average Bonchev–Trinajstić information content (AvgIpc) is 3.18. The van der Waals surface area contributed by atoms with Crippen LogP contribution in [0.5, 0.6) is 0 Å². The molecule has 3 aromatic rings. The molecule has 5 nitrogen and oxygen atoms in total. The summed E-state index contributed by atoms with van der Waals surface area (Å²) < 4.78 is 90.5. The van der Waals surface area contributed by atoms with Gasteiger partial charge in [-0.1, -0.05) is 11.3 Å². The third-order valence-corrected chi connectivity index (χ3v) is 4.79. The molecule has 1 aromatic carbocycles. The summed E-state index contributed by atoms with van der Waals surface area (Å²) in [5.74, 6) is -1.68. The molecule has 0 saturated heterocycles. The Labute approximate surface area is 167 Å². The highest BCUT2D eigenvalue weighted by molar-refractivity contribution is 7.16. The van der Waals surface area contributed by atoms with Crippen LogP contribution in [0.15, 0.2) is 30.3 Å². The number of imidazole rings is 1. The van der Waals surface area contributed by atoms with Gasteiger partial charge < -0.3 is 5.32 Å². The molecular weight excluding hydrogens is 441 g/mol. The normalized spacial score (nSPS) is 13.9. The summed E-state index contributed by atoms with van der Waals surface area (Å²) in [4.78, 5) is 15.7. The maximum atomic E-state index is 13.2. The van der Waals surface area contributed by atoms with Crippen molar-refractivity contribution in [2.24, 2.45) is 0 Å². The van der Waals surface area contributed by atoms with Gasteiger partial charge in [-0.25, -0.2) is 13.9 Å². The molecule has 160 valence electrons. The van der Waals surface area contributed by atoms with Gasteiger partial charge in [0.1, 0.15) is 11.9 Å². The Bertz CT molecular complexity index is 1100. The number of carbonyl (C=O) groups is 1. The van der Waals surface area contributed by atoms with Crippen LogP contribution in [-0.2, 0) is 11.0 Å². The molecule has 0 saturated carbocycles. The van der Waals surface area contributed by atoms with E-state index in [1.165, 1.54) is 12.1 Å². The SMILES string of the molecule is CC(NC(=O)C=Cc1c(-c2ccc(F)cc2)nc2sc(C(F)(F)F)nn12)C(F)(F)F. The maximum absolute atomic E-state index is 13.2. The topological polar surface area (TPSA) is 59.3 Å². The lowest BCUT2D eigenvalue weighted by Gasteiger charge is -2.15. The fourth-order valence-electron chi connectivity index (χ4n) is 2.35. The van der Waals surface area contributed by atoms with Crippen molar-refractivity contribution in [3.63, 3.8) is 0 Å². The van der Waals surface area contributed by atoms with Crippen molar-refractivity contribution >= 4 is 28.3 Å². The van der Waals surface area contributed by atoms with Crippen LogP contribution in [-0.4, -0.2) is 32.7 Å². The van der Waals surface area contributed by atoms with E-state index in [4.69, 9.17) is 0 Å². The predicted octanol–water partition coefficient (Wildman–Crippen LogP) is 4.70. The van der Waals surface area contributed by atoms with Gasteiger partial charge in [-0.15, -0.1) is 5.10 Å². The lowest BCUT2D eigenvalue weighted by molar-refractivity contribution is -0.156. The first-order valence-electron chi connectivity index (χ1n) is 8.14. The minimum Gasteiger partial charge on any atom is -0.341 e. The molecule has 1 N–H and O–H groups in total. The van der Waals surface area contributed by atoms with Gasteiger partial charge in [0.25, 0.3) is 0 Å². The Morgan fingerprint density at radius 2 is 1.80 bits per heavy atom. The summed E-state index contributed by atoms with van der Waals surface area (Å²) >= 11 is 0.244. The molecule has 0 aliphatic rings. The second kappa shape index (κ2) is 7.70. The number of nitrogens with one attached hydrogen (secondary N) is 1. The van der Waals surface area contributed by atoms with Gasteiger partial charge in [-0.2, -0.15) is 26.3 Å². The van der Waals surface area contributed by atoms with Crippen LogP contribution in [0.25, 0.3) is 22.3 Å². The number of aromatic nitrogens is 3. The smallest absolute Gasteiger partial charge is 0.341 e. The number of hydrogen-bond donors (Lipinski definition) is 1. The summed E-state index contributed by atoms with van der Waals surface area (Å²) in [6.07, 6.45) is -7.67. The molecule has 2 heterocycles. The van der Waals surface area contributed by atoms with Crippen molar-refractivity contribution in [2.75, 3.05) is 0 Å². The first-order chi connectivity index (χ1) is 13.9. The van der Waals surface area contributed by atoms with E-state index < -0.39 is 35.1 Å². The summed E-state index contributed by atoms with van der Waals surface area (Å²) in [5, 5.41) is 3.94. The Kier molecular flexibility index (Phi) is 5.58. The Balaban J connectivity index is 2.03. The summed E-state index contributed by atoms with van der Waals surface area (Å²) in [6, 6.07) is 2.70. The van der Waals surface area contributed by atoms with Gasteiger partial charge >= 0.3 is 12.4 Å². The van der Waals surface area contributed by atoms with Crippen LogP contribution in [0, 0.1) is 5.82 Å². The number of fused-ring (bicyclic) bond motifs is 1. The molecular formula is C17H11F7N4OS. The van der Waals surface area contributed by atoms with E-state index in [1.807, 2.05) is 0 Å². The monoisotopic (exact) mass is 452 g/mol. The molecule has 0 bridgehead atoms. The Morgan fingerprint density at radius 1 is 1.17 bits per heavy atom. The predicted molar refractivity (Wildman–Crippen MR) is 94.0 cm³/mol. The Morgan fingerprint density at radius 3 is 2.37 bits per heavy atom. The highest BCUT2D eigenvalue weighted by atomic mass is 32.1. The molecule has 2 aromatic heterocycles. The fraction of sp³-hybridized carbons (Fsp3) is 0.235. The summed E-state index contributed by atoms with van der Waals surface area (Å²) in [7, 11) is 0. The Hall–Kier alpha value is -2.96. The zero-order valence-electron chi connectivity index (χ0n) is 14.8. The number of carbonyl (C=O) groups excluding carboxylic acids is 1. The van der Waals surface area contributed by atoms with Crippen LogP contribution in [0.4, 0.5) is 30.7 Å². The first-order valence-corrected chi connectivity index (χ1v) is 8.96. The van der Waals surface area contributed by atoms with Gasteiger partial charge in [0, 0.05) is 11.6 Å². The van der Waals surface area contributed by atoms with E-state index >= 15 is 0 Å². The third-order valence-electron chi connectivity index (χ3n) is 3.84. The van der Waals surface area contributed by atoms with Gasteiger partial charge in [-0.3, -0.25) is 4.79 Å². The lowest BCUT2D eigenvalue weighted by Crippen LogP contribution is -2.42. The summed E-state index contributed by atoms with van der Waals surface area (Å²) in [5.41, 5.74) is 0.306. The van der Waals surface area contributed by atoms with Gasteiger partial charge in [0.2, 0.25) is 15.9 Å². The van der Waals surface area contributed by atoms with Crippen LogP contribution in [0.3, 0.4) is 0 Å². The second-order valence-corrected chi connectivity index (χ2v) is 7.01. The molecule has 0 aliphatic heterocycles. The van der Waals surface area contributed by atoms with Crippen molar-refractivity contribution in [1.29, 1.82) is 0 Å². The number of nitrogens with zero attached hydrogens (tertiary/aromatic N) is 3. The van der Waals surface area contributed by atoms with Crippen molar-refractivity contribution in [3.8, 4) is 11.3 Å². The average molecular weight is 452 g/mol. The third kappa shape index (κ3) is 4.61. The lowest BCUT2D eigenvalue weighted by atomic mass is 10.1. The van der Waals surface area contributed by atoms with Crippen molar-refractivity contribution in [2.45, 2.75) is 25.3 Å². The highest BCUT2D eigenvalue weighted by Gasteiger charge is 2.37. The van der Waals surface area contributed by atoms with Crippen LogP contribution in [0.1, 0.15) is 17.6 Å². The number of alkyl halides is 6. The minimum atomic E-state index is -4.73. The summed E-state index contributed by atoms with van der Waals surface area (Å²) in [6.45, 7) is 0.739. The van der Waals surface area contributed by atoms with E-state index in [0.717, 1.165) is 35.7 Å². The molecule has 30 heavy (non-hydrogen) atoms. The number of benzene rings is 1. The minimum absolute atomic E-state index is 0.0791. The molecule has 13 heteroatoms. The molecule has 1 atom stereocenters. The van der Waals surface area contributed by atoms with E-state index in [1.54, 1.807) is 5.32 Å². The van der Waals surface area contributed by atoms with Crippen LogP contribution >= 0.6 is 11.3 Å². The van der Waals surface area contributed by atoms with Gasteiger partial charge in [-0.05, 0) is 37.3 Å². The first kappa shape index (κ1) is 21.7. The molecule has 0 spiro atoms. The van der Waals surface area contributed by atoms with Gasteiger partial charge in [0.15, 0.2) is 0 Å². The molecule has 3 rings (SSSR count). The van der Waals surface area contributed by atoms with Crippen LogP contribution < -0.4 is 5.32 Å². The van der Waals surface area contributed by atoms with E-state index in [9.17, 15) is 35.5 Å². The molecule has 0 fully saturated rings. The molecule has 0 radical (unpaired) electrons. The maximum Gasteiger partial charge on any atom is 0.445 e. The molecule has 1 amide bonds. The number of rotatable bonds is 4. The van der Waals surface area contributed by atoms with Crippen molar-refractivity contribution < 1.29 is 35.5 Å². The van der Waals surface area contributed by atoms with Crippen molar-refractivity contribution in [3.05, 3.63) is 46.9 Å². The van der Waals surface area contributed by atoms with E-state index in [-0.39, 0.29) is 27.7 Å². The molecule has 0 aliphatic carbocycles. The van der Waals surface area contributed by atoms with Crippen LogP contribution in [0.2, 0.25) is 0 Å². The second-order valence-electron chi connectivity index (χ2n) is 6.06. The van der Waals surface area contributed by atoms with Gasteiger partial charge in [0.05, 0.1) is 11.4 Å². The highest BCUT2D eigenvalue weighted by Crippen LogP contribution is 2.35. The zero-order valence-corrected chi connectivity index (χ0v) is 15.7.